The van der Waals surface area contributed by atoms with Gasteiger partial charge in [0.25, 0.3) is 0 Å². The maximum atomic E-state index is 9.60. The minimum atomic E-state index is -0.711. The zero-order valence-electron chi connectivity index (χ0n) is 7.51. The van der Waals surface area contributed by atoms with Gasteiger partial charge in [0.05, 0.1) is 0 Å². The van der Waals surface area contributed by atoms with E-state index >= 15 is 0 Å². The molecular formula is C9H14BrNO2. The molecular weight excluding hydrogens is 234 g/mol. The Hall–Kier alpha value is -0.900. The second-order valence-corrected chi connectivity index (χ2v) is 2.17. The first-order valence-corrected chi connectivity index (χ1v) is 3.84. The van der Waals surface area contributed by atoms with Gasteiger partial charge in [0.2, 0.25) is 0 Å². The molecule has 0 fully saturated rings. The van der Waals surface area contributed by atoms with Gasteiger partial charge in [0.1, 0.15) is 0 Å². The Kier molecular flexibility index (Phi) is 12.5. The van der Waals surface area contributed by atoms with Crippen LogP contribution in [0.25, 0.3) is 0 Å². The maximum Gasteiger partial charge on any atom is 0.303 e. The van der Waals surface area contributed by atoms with Crippen LogP contribution in [0, 0.1) is 0 Å². The molecule has 0 saturated carbocycles. The number of nitrogens with zero attached hydrogens (tertiary/aromatic N) is 1. The van der Waals surface area contributed by atoms with Crippen LogP contribution in [0.3, 0.4) is 0 Å². The van der Waals surface area contributed by atoms with Crippen LogP contribution in [0.15, 0.2) is 30.6 Å². The smallest absolute Gasteiger partial charge is 0.303 e. The van der Waals surface area contributed by atoms with E-state index in [0.29, 0.717) is 6.42 Å². The molecule has 1 heterocycles. The predicted molar refractivity (Wildman–Crippen MR) is 57.1 cm³/mol. The Labute approximate surface area is 88.6 Å². The quantitative estimate of drug-likeness (QED) is 0.874. The second-order valence-electron chi connectivity index (χ2n) is 2.17. The molecule has 0 spiro atoms. The van der Waals surface area contributed by atoms with Gasteiger partial charge in [-0.1, -0.05) is 13.0 Å². The first-order valence-electron chi connectivity index (χ1n) is 3.84. The lowest BCUT2D eigenvalue weighted by molar-refractivity contribution is -0.137. The van der Waals surface area contributed by atoms with E-state index in [1.54, 1.807) is 12.4 Å². The molecule has 74 valence electrons. The van der Waals surface area contributed by atoms with Crippen LogP contribution in [-0.2, 0) is 4.79 Å². The lowest BCUT2D eigenvalue weighted by Crippen LogP contribution is -1.90. The van der Waals surface area contributed by atoms with E-state index in [2.05, 4.69) is 4.98 Å². The number of aliphatic carboxylic acids is 1. The molecule has 4 heteroatoms. The Morgan fingerprint density at radius 1 is 1.31 bits per heavy atom. The topological polar surface area (TPSA) is 50.2 Å². The molecule has 0 aromatic carbocycles. The standard InChI is InChI=1S/C5H5N.C4H8O2.BrH/c1-2-4-6-5-3-1;1-2-3-4(5)6;/h1-5H;2-3H2,1H3,(H,5,6);1H. The summed E-state index contributed by atoms with van der Waals surface area (Å²) in [6.07, 6.45) is 4.52. The first-order chi connectivity index (χ1) is 5.77. The monoisotopic (exact) mass is 247 g/mol. The number of carboxylic acids is 1. The number of carbonyl (C=O) groups is 1. The molecule has 1 aromatic rings. The molecule has 0 aliphatic rings. The minimum Gasteiger partial charge on any atom is -0.481 e. The normalized spacial score (nSPS) is 7.46. The highest BCUT2D eigenvalue weighted by atomic mass is 79.9. The summed E-state index contributed by atoms with van der Waals surface area (Å²) in [5, 5.41) is 7.91. The Morgan fingerprint density at radius 2 is 1.85 bits per heavy atom. The van der Waals surface area contributed by atoms with Gasteiger partial charge in [-0.25, -0.2) is 0 Å². The van der Waals surface area contributed by atoms with Gasteiger partial charge >= 0.3 is 5.97 Å². The zero-order chi connectivity index (χ0) is 9.23. The fraction of sp³-hybridized carbons (Fsp3) is 0.333. The Morgan fingerprint density at radius 3 is 1.92 bits per heavy atom. The molecule has 0 atom stereocenters. The molecule has 0 bridgehead atoms. The largest absolute Gasteiger partial charge is 0.481 e. The van der Waals surface area contributed by atoms with E-state index in [-0.39, 0.29) is 17.0 Å². The second kappa shape index (κ2) is 11.1. The van der Waals surface area contributed by atoms with Crippen LogP contribution >= 0.6 is 17.0 Å². The van der Waals surface area contributed by atoms with Crippen molar-refractivity contribution in [2.24, 2.45) is 0 Å². The van der Waals surface area contributed by atoms with Gasteiger partial charge < -0.3 is 5.11 Å². The van der Waals surface area contributed by atoms with Crippen molar-refractivity contribution in [3.63, 3.8) is 0 Å². The van der Waals surface area contributed by atoms with Crippen molar-refractivity contribution in [3.05, 3.63) is 30.6 Å². The van der Waals surface area contributed by atoms with E-state index in [0.717, 1.165) is 6.42 Å². The van der Waals surface area contributed by atoms with Crippen molar-refractivity contribution in [2.45, 2.75) is 19.8 Å². The predicted octanol–water partition coefficient (Wildman–Crippen LogP) is 2.53. The minimum absolute atomic E-state index is 0. The van der Waals surface area contributed by atoms with Crippen LogP contribution in [0.1, 0.15) is 19.8 Å². The van der Waals surface area contributed by atoms with Crippen LogP contribution in [0.5, 0.6) is 0 Å². The van der Waals surface area contributed by atoms with Gasteiger partial charge in [0.15, 0.2) is 0 Å². The number of rotatable bonds is 2. The SMILES string of the molecule is Br.CCCC(=O)O.c1ccncc1. The summed E-state index contributed by atoms with van der Waals surface area (Å²) in [6, 6.07) is 5.72. The fourth-order valence-corrected chi connectivity index (χ4v) is 0.526. The molecule has 0 unspecified atom stereocenters. The Balaban J connectivity index is 0. The van der Waals surface area contributed by atoms with Crippen molar-refractivity contribution >= 4 is 23.0 Å². The summed E-state index contributed by atoms with van der Waals surface area (Å²) in [5.41, 5.74) is 0. The van der Waals surface area contributed by atoms with Gasteiger partial charge in [0, 0.05) is 18.8 Å². The molecule has 3 nitrogen and oxygen atoms in total. The lowest BCUT2D eigenvalue weighted by atomic mass is 10.4. The third-order valence-electron chi connectivity index (χ3n) is 1.03. The third kappa shape index (κ3) is 14.0. The summed E-state index contributed by atoms with van der Waals surface area (Å²) in [5.74, 6) is -0.711. The van der Waals surface area contributed by atoms with Crippen molar-refractivity contribution in [2.75, 3.05) is 0 Å². The highest BCUT2D eigenvalue weighted by Gasteiger charge is 1.87. The maximum absolute atomic E-state index is 9.60. The molecule has 13 heavy (non-hydrogen) atoms. The van der Waals surface area contributed by atoms with Crippen molar-refractivity contribution < 1.29 is 9.90 Å². The van der Waals surface area contributed by atoms with Crippen LogP contribution in [0.2, 0.25) is 0 Å². The number of hydrogen-bond donors (Lipinski definition) is 1. The van der Waals surface area contributed by atoms with E-state index in [4.69, 9.17) is 5.11 Å². The Bertz CT molecular complexity index is 177. The molecule has 1 N–H and O–H groups in total. The highest BCUT2D eigenvalue weighted by molar-refractivity contribution is 8.93. The molecule has 0 aliphatic carbocycles. The molecule has 1 aromatic heterocycles. The average Bonchev–Trinajstić information content (AvgIpc) is 2.08. The van der Waals surface area contributed by atoms with Crippen LogP contribution in [-0.4, -0.2) is 16.1 Å². The highest BCUT2D eigenvalue weighted by Crippen LogP contribution is 1.82. The summed E-state index contributed by atoms with van der Waals surface area (Å²) in [7, 11) is 0. The van der Waals surface area contributed by atoms with Crippen molar-refractivity contribution in [3.8, 4) is 0 Å². The summed E-state index contributed by atoms with van der Waals surface area (Å²) >= 11 is 0. The molecule has 0 aliphatic heterocycles. The summed E-state index contributed by atoms with van der Waals surface area (Å²) in [4.78, 5) is 13.4. The number of carboxylic acid groups (broad SMARTS) is 1. The molecule has 0 saturated heterocycles. The fourth-order valence-electron chi connectivity index (χ4n) is 0.526. The molecule has 0 radical (unpaired) electrons. The summed E-state index contributed by atoms with van der Waals surface area (Å²) < 4.78 is 0. The van der Waals surface area contributed by atoms with Gasteiger partial charge in [-0.15, -0.1) is 17.0 Å². The van der Waals surface area contributed by atoms with Crippen LogP contribution < -0.4 is 0 Å². The van der Waals surface area contributed by atoms with Gasteiger partial charge in [-0.3, -0.25) is 9.78 Å². The van der Waals surface area contributed by atoms with E-state index in [1.165, 1.54) is 0 Å². The first kappa shape index (κ1) is 14.6. The van der Waals surface area contributed by atoms with E-state index in [1.807, 2.05) is 25.1 Å². The third-order valence-corrected chi connectivity index (χ3v) is 1.03. The van der Waals surface area contributed by atoms with Crippen molar-refractivity contribution in [1.82, 2.24) is 4.98 Å². The van der Waals surface area contributed by atoms with Gasteiger partial charge in [-0.05, 0) is 18.6 Å². The van der Waals surface area contributed by atoms with E-state index < -0.39 is 5.97 Å². The number of hydrogen-bond acceptors (Lipinski definition) is 2. The summed E-state index contributed by atoms with van der Waals surface area (Å²) in [6.45, 7) is 1.84. The number of aromatic nitrogens is 1. The lowest BCUT2D eigenvalue weighted by Gasteiger charge is -1.79. The number of halogens is 1. The van der Waals surface area contributed by atoms with Gasteiger partial charge in [-0.2, -0.15) is 0 Å². The zero-order valence-corrected chi connectivity index (χ0v) is 9.22. The van der Waals surface area contributed by atoms with Crippen molar-refractivity contribution in [1.29, 1.82) is 0 Å². The van der Waals surface area contributed by atoms with Crippen LogP contribution in [0.4, 0.5) is 0 Å². The van der Waals surface area contributed by atoms with E-state index in [9.17, 15) is 4.79 Å². The molecule has 1 rings (SSSR count). The average molecular weight is 248 g/mol. The number of pyridine rings is 1. The molecule has 0 amide bonds.